The lowest BCUT2D eigenvalue weighted by atomic mass is 9.67. The maximum atomic E-state index is 13.6. The highest BCUT2D eigenvalue weighted by Gasteiger charge is 2.32. The van der Waals surface area contributed by atoms with Crippen LogP contribution < -0.4 is 0 Å². The van der Waals surface area contributed by atoms with Gasteiger partial charge in [0.2, 0.25) is 0 Å². The van der Waals surface area contributed by atoms with Crippen LogP contribution in [0.2, 0.25) is 0 Å². The topological polar surface area (TPSA) is 37.3 Å². The third kappa shape index (κ3) is 4.43. The quantitative estimate of drug-likeness (QED) is 0.669. The summed E-state index contributed by atoms with van der Waals surface area (Å²) in [6.07, 6.45) is 12.6. The Bertz CT molecular complexity index is 582. The molecular formula is C22H31FO2. The highest BCUT2D eigenvalue weighted by atomic mass is 19.1. The van der Waals surface area contributed by atoms with Crippen molar-refractivity contribution in [3.63, 3.8) is 0 Å². The molecule has 1 N–H and O–H groups in total. The molecular weight excluding hydrogens is 315 g/mol. The van der Waals surface area contributed by atoms with Crippen molar-refractivity contribution >= 4 is 5.97 Å². The van der Waals surface area contributed by atoms with Crippen molar-refractivity contribution < 1.29 is 14.3 Å². The Morgan fingerprint density at radius 1 is 1.04 bits per heavy atom. The molecule has 2 aliphatic carbocycles. The zero-order chi connectivity index (χ0) is 17.8. The Hall–Kier alpha value is -1.38. The Morgan fingerprint density at radius 2 is 1.64 bits per heavy atom. The molecule has 0 unspecified atom stereocenters. The van der Waals surface area contributed by atoms with E-state index < -0.39 is 5.97 Å². The Labute approximate surface area is 150 Å². The molecule has 138 valence electrons. The van der Waals surface area contributed by atoms with Crippen LogP contribution in [-0.2, 0) is 0 Å². The molecule has 0 atom stereocenters. The minimum atomic E-state index is -0.939. The third-order valence-electron chi connectivity index (χ3n) is 6.71. The van der Waals surface area contributed by atoms with E-state index in [1.807, 2.05) is 0 Å². The summed E-state index contributed by atoms with van der Waals surface area (Å²) in [5.41, 5.74) is 0.988. The van der Waals surface area contributed by atoms with E-state index in [-0.39, 0.29) is 17.3 Å². The minimum absolute atomic E-state index is 0.203. The van der Waals surface area contributed by atoms with E-state index in [2.05, 4.69) is 6.92 Å². The summed E-state index contributed by atoms with van der Waals surface area (Å²) < 4.78 is 13.6. The van der Waals surface area contributed by atoms with E-state index >= 15 is 0 Å². The number of carbonyl (C=O) groups is 1. The zero-order valence-electron chi connectivity index (χ0n) is 15.3. The first kappa shape index (κ1) is 18.4. The molecule has 0 aliphatic heterocycles. The molecule has 2 aliphatic rings. The lowest BCUT2D eigenvalue weighted by molar-refractivity contribution is 0.0694. The normalized spacial score (nSPS) is 30.2. The standard InChI is InChI=1S/C22H31FO2/c1-2-3-15-4-6-16(7-5-15)17-8-10-18(11-9-17)21-14-19(23)12-13-20(21)22(24)25/h12-18H,2-11H2,1H3,(H,24,25)/t15-,16-,17?,18?. The molecule has 1 aromatic rings. The van der Waals surface area contributed by atoms with Crippen LogP contribution >= 0.6 is 0 Å². The number of hydrogen-bond donors (Lipinski definition) is 1. The number of halogens is 1. The number of rotatable bonds is 5. The van der Waals surface area contributed by atoms with Gasteiger partial charge < -0.3 is 5.11 Å². The Balaban J connectivity index is 1.58. The van der Waals surface area contributed by atoms with Gasteiger partial charge >= 0.3 is 5.97 Å². The predicted molar refractivity (Wildman–Crippen MR) is 98.4 cm³/mol. The van der Waals surface area contributed by atoms with Crippen LogP contribution in [0.1, 0.15) is 93.0 Å². The second-order valence-electron chi connectivity index (χ2n) is 8.22. The third-order valence-corrected chi connectivity index (χ3v) is 6.71. The molecule has 0 amide bonds. The summed E-state index contributed by atoms with van der Waals surface area (Å²) in [4.78, 5) is 11.4. The van der Waals surface area contributed by atoms with Gasteiger partial charge in [-0.3, -0.25) is 0 Å². The maximum Gasteiger partial charge on any atom is 0.335 e. The van der Waals surface area contributed by atoms with Crippen molar-refractivity contribution in [3.8, 4) is 0 Å². The highest BCUT2D eigenvalue weighted by Crippen LogP contribution is 2.45. The van der Waals surface area contributed by atoms with E-state index in [1.165, 1.54) is 69.6 Å². The monoisotopic (exact) mass is 346 g/mol. The van der Waals surface area contributed by atoms with Gasteiger partial charge in [-0.2, -0.15) is 0 Å². The van der Waals surface area contributed by atoms with Gasteiger partial charge in [0.05, 0.1) is 5.56 Å². The molecule has 3 rings (SSSR count). The largest absolute Gasteiger partial charge is 0.478 e. The maximum absolute atomic E-state index is 13.6. The van der Waals surface area contributed by atoms with Crippen LogP contribution in [0.5, 0.6) is 0 Å². The van der Waals surface area contributed by atoms with Crippen LogP contribution in [-0.4, -0.2) is 11.1 Å². The van der Waals surface area contributed by atoms with E-state index in [9.17, 15) is 14.3 Å². The minimum Gasteiger partial charge on any atom is -0.478 e. The van der Waals surface area contributed by atoms with Gasteiger partial charge in [-0.05, 0) is 86.0 Å². The van der Waals surface area contributed by atoms with Crippen LogP contribution in [0, 0.1) is 23.6 Å². The van der Waals surface area contributed by atoms with Crippen molar-refractivity contribution in [2.24, 2.45) is 17.8 Å². The van der Waals surface area contributed by atoms with E-state index in [1.54, 1.807) is 0 Å². The fraction of sp³-hybridized carbons (Fsp3) is 0.682. The van der Waals surface area contributed by atoms with E-state index in [0.29, 0.717) is 5.56 Å². The Morgan fingerprint density at radius 3 is 2.20 bits per heavy atom. The summed E-state index contributed by atoms with van der Waals surface area (Å²) in [6, 6.07) is 4.13. The summed E-state index contributed by atoms with van der Waals surface area (Å²) in [6.45, 7) is 2.28. The Kier molecular flexibility index (Phi) is 6.14. The van der Waals surface area contributed by atoms with Gasteiger partial charge in [-0.1, -0.05) is 32.6 Å². The summed E-state index contributed by atoms with van der Waals surface area (Å²) in [5.74, 6) is 1.54. The van der Waals surface area contributed by atoms with E-state index in [0.717, 1.165) is 30.6 Å². The molecule has 0 aromatic heterocycles. The molecule has 2 fully saturated rings. The van der Waals surface area contributed by atoms with Crippen LogP contribution in [0.25, 0.3) is 0 Å². The molecule has 2 saturated carbocycles. The first-order valence-corrected chi connectivity index (χ1v) is 10.1. The van der Waals surface area contributed by atoms with Crippen LogP contribution in [0.15, 0.2) is 18.2 Å². The molecule has 0 spiro atoms. The number of aromatic carboxylic acids is 1. The second kappa shape index (κ2) is 8.33. The summed E-state index contributed by atoms with van der Waals surface area (Å²) in [7, 11) is 0. The number of benzene rings is 1. The van der Waals surface area contributed by atoms with Crippen molar-refractivity contribution in [1.82, 2.24) is 0 Å². The predicted octanol–water partition coefficient (Wildman–Crippen LogP) is 6.40. The number of carboxylic acid groups (broad SMARTS) is 1. The average Bonchev–Trinajstić information content (AvgIpc) is 2.62. The van der Waals surface area contributed by atoms with Gasteiger partial charge in [0.25, 0.3) is 0 Å². The van der Waals surface area contributed by atoms with Gasteiger partial charge in [0.15, 0.2) is 0 Å². The molecule has 0 bridgehead atoms. The average molecular weight is 346 g/mol. The number of hydrogen-bond acceptors (Lipinski definition) is 1. The van der Waals surface area contributed by atoms with E-state index in [4.69, 9.17) is 0 Å². The lowest BCUT2D eigenvalue weighted by Crippen LogP contribution is -2.25. The SMILES string of the molecule is CCC[C@H]1CC[C@H](C2CCC(c3cc(F)ccc3C(=O)O)CC2)CC1. The summed E-state index contributed by atoms with van der Waals surface area (Å²) >= 11 is 0. The molecule has 2 nitrogen and oxygen atoms in total. The lowest BCUT2D eigenvalue weighted by Gasteiger charge is -2.38. The zero-order valence-corrected chi connectivity index (χ0v) is 15.3. The van der Waals surface area contributed by atoms with Crippen molar-refractivity contribution in [2.75, 3.05) is 0 Å². The number of carboxylic acids is 1. The second-order valence-corrected chi connectivity index (χ2v) is 8.22. The van der Waals surface area contributed by atoms with Crippen molar-refractivity contribution in [1.29, 1.82) is 0 Å². The first-order valence-electron chi connectivity index (χ1n) is 10.1. The van der Waals surface area contributed by atoms with Crippen LogP contribution in [0.3, 0.4) is 0 Å². The van der Waals surface area contributed by atoms with Gasteiger partial charge in [-0.15, -0.1) is 0 Å². The highest BCUT2D eigenvalue weighted by molar-refractivity contribution is 5.89. The van der Waals surface area contributed by atoms with Gasteiger partial charge in [-0.25, -0.2) is 9.18 Å². The van der Waals surface area contributed by atoms with Gasteiger partial charge in [0, 0.05) is 0 Å². The van der Waals surface area contributed by atoms with Gasteiger partial charge in [0.1, 0.15) is 5.82 Å². The molecule has 0 radical (unpaired) electrons. The van der Waals surface area contributed by atoms with Crippen LogP contribution in [0.4, 0.5) is 4.39 Å². The first-order chi connectivity index (χ1) is 12.1. The van der Waals surface area contributed by atoms with Crippen molar-refractivity contribution in [2.45, 2.75) is 77.0 Å². The fourth-order valence-electron chi connectivity index (χ4n) is 5.32. The molecule has 1 aromatic carbocycles. The smallest absolute Gasteiger partial charge is 0.335 e. The summed E-state index contributed by atoms with van der Waals surface area (Å²) in [5, 5.41) is 9.39. The molecule has 0 saturated heterocycles. The molecule has 0 heterocycles. The molecule has 3 heteroatoms. The molecule has 25 heavy (non-hydrogen) atoms. The fourth-order valence-corrected chi connectivity index (χ4v) is 5.32. The van der Waals surface area contributed by atoms with Crippen molar-refractivity contribution in [3.05, 3.63) is 35.1 Å².